The van der Waals surface area contributed by atoms with E-state index in [2.05, 4.69) is 43.5 Å². The van der Waals surface area contributed by atoms with Crippen LogP contribution in [-0.4, -0.2) is 64.2 Å². The minimum Gasteiger partial charge on any atom is -0.493 e. The van der Waals surface area contributed by atoms with Crippen molar-refractivity contribution >= 4 is 17.0 Å². The summed E-state index contributed by atoms with van der Waals surface area (Å²) in [6.07, 6.45) is 6.54. The molecule has 7 nitrogen and oxygen atoms in total. The Morgan fingerprint density at radius 3 is 2.77 bits per heavy atom. The summed E-state index contributed by atoms with van der Waals surface area (Å²) in [5.41, 5.74) is 9.28. The second-order valence-electron chi connectivity index (χ2n) is 8.44. The van der Waals surface area contributed by atoms with Crippen LogP contribution >= 0.6 is 0 Å². The fourth-order valence-electron chi connectivity index (χ4n) is 4.28. The molecule has 0 aliphatic carbocycles. The third-order valence-corrected chi connectivity index (χ3v) is 5.91. The highest BCUT2D eigenvalue weighted by Crippen LogP contribution is 2.24. The minimum absolute atomic E-state index is 0.588. The molecule has 3 aromatic rings. The van der Waals surface area contributed by atoms with Gasteiger partial charge in [0.2, 0.25) is 5.95 Å². The smallest absolute Gasteiger partial charge is 0.201 e. The van der Waals surface area contributed by atoms with Crippen molar-refractivity contribution < 1.29 is 4.74 Å². The second-order valence-corrected chi connectivity index (χ2v) is 8.44. The lowest BCUT2D eigenvalue weighted by Crippen LogP contribution is -2.21. The van der Waals surface area contributed by atoms with Crippen molar-refractivity contribution in [2.45, 2.75) is 38.8 Å². The van der Waals surface area contributed by atoms with Crippen LogP contribution < -0.4 is 10.5 Å². The van der Waals surface area contributed by atoms with Crippen LogP contribution in [0.1, 0.15) is 31.4 Å². The van der Waals surface area contributed by atoms with Crippen LogP contribution in [0.5, 0.6) is 5.75 Å². The molecule has 0 bridgehead atoms. The molecule has 0 saturated carbocycles. The maximum atomic E-state index is 6.20. The molecular weight excluding hydrogens is 388 g/mol. The number of fused-ring (bicyclic) bond motifs is 1. The SMILES string of the molecule is CN(CCCOc1ccc2nc(N)n(CCCN3CCCC3)c2c1)Cc1ccccn1. The molecule has 4 rings (SSSR count). The molecule has 1 fully saturated rings. The van der Waals surface area contributed by atoms with Crippen LogP contribution in [0, 0.1) is 0 Å². The number of aryl methyl sites for hydroxylation is 1. The number of hydrogen-bond donors (Lipinski definition) is 1. The first-order chi connectivity index (χ1) is 15.2. The fraction of sp³-hybridized carbons (Fsp3) is 0.500. The van der Waals surface area contributed by atoms with Crippen LogP contribution in [0.2, 0.25) is 0 Å². The molecule has 0 spiro atoms. The van der Waals surface area contributed by atoms with Crippen molar-refractivity contribution in [3.05, 3.63) is 48.3 Å². The van der Waals surface area contributed by atoms with Gasteiger partial charge in [-0.05, 0) is 76.6 Å². The third-order valence-electron chi connectivity index (χ3n) is 5.91. The molecule has 2 N–H and O–H groups in total. The predicted octanol–water partition coefficient (Wildman–Crippen LogP) is 3.40. The second kappa shape index (κ2) is 10.6. The quantitative estimate of drug-likeness (QED) is 0.478. The Labute approximate surface area is 184 Å². The molecule has 2 aromatic heterocycles. The van der Waals surface area contributed by atoms with Gasteiger partial charge in [-0.3, -0.25) is 4.98 Å². The Bertz CT molecular complexity index is 951. The molecule has 1 saturated heterocycles. The van der Waals surface area contributed by atoms with Crippen molar-refractivity contribution in [1.29, 1.82) is 0 Å². The molecule has 0 atom stereocenters. The van der Waals surface area contributed by atoms with Crippen molar-refractivity contribution in [3.8, 4) is 5.75 Å². The van der Waals surface area contributed by atoms with E-state index in [-0.39, 0.29) is 0 Å². The largest absolute Gasteiger partial charge is 0.493 e. The van der Waals surface area contributed by atoms with Gasteiger partial charge in [0.05, 0.1) is 23.3 Å². The Balaban J connectivity index is 1.26. The normalized spacial score (nSPS) is 14.6. The van der Waals surface area contributed by atoms with Crippen molar-refractivity contribution in [3.63, 3.8) is 0 Å². The van der Waals surface area contributed by atoms with E-state index in [4.69, 9.17) is 10.5 Å². The summed E-state index contributed by atoms with van der Waals surface area (Å²) in [4.78, 5) is 13.7. The number of hydrogen-bond acceptors (Lipinski definition) is 6. The average Bonchev–Trinajstić information content (AvgIpc) is 3.40. The van der Waals surface area contributed by atoms with E-state index in [1.807, 2.05) is 30.5 Å². The zero-order valence-corrected chi connectivity index (χ0v) is 18.5. The number of imidazole rings is 1. The number of aromatic nitrogens is 3. The number of likely N-dealkylation sites (tertiary alicyclic amines) is 1. The zero-order chi connectivity index (χ0) is 21.5. The fourth-order valence-corrected chi connectivity index (χ4v) is 4.28. The van der Waals surface area contributed by atoms with Crippen LogP contribution in [0.4, 0.5) is 5.95 Å². The maximum Gasteiger partial charge on any atom is 0.201 e. The standard InChI is InChI=1S/C24H34N6O/c1-28(19-20-8-2-3-11-26-20)12-7-17-31-21-9-10-22-23(18-21)30(24(25)27-22)16-6-15-29-13-4-5-14-29/h2-3,8-11,18H,4-7,12-17,19H2,1H3,(H2,25,27). The van der Waals surface area contributed by atoms with Crippen LogP contribution in [0.3, 0.4) is 0 Å². The van der Waals surface area contributed by atoms with E-state index in [1.54, 1.807) is 0 Å². The minimum atomic E-state index is 0.588. The first-order valence-corrected chi connectivity index (χ1v) is 11.4. The van der Waals surface area contributed by atoms with Gasteiger partial charge in [0, 0.05) is 31.9 Å². The molecule has 0 radical (unpaired) electrons. The number of nitrogens with zero attached hydrogens (tertiary/aromatic N) is 5. The van der Waals surface area contributed by atoms with Gasteiger partial charge < -0.3 is 24.8 Å². The first kappa shape index (κ1) is 21.6. The molecule has 1 aliphatic rings. The van der Waals surface area contributed by atoms with E-state index < -0.39 is 0 Å². The lowest BCUT2D eigenvalue weighted by atomic mass is 10.3. The Kier molecular flexibility index (Phi) is 7.38. The number of nitrogens with two attached hydrogens (primary N) is 1. The summed E-state index contributed by atoms with van der Waals surface area (Å²) >= 11 is 0. The molecule has 0 unspecified atom stereocenters. The number of benzene rings is 1. The molecule has 166 valence electrons. The van der Waals surface area contributed by atoms with Gasteiger partial charge in [-0.25, -0.2) is 4.98 Å². The molecular formula is C24H34N6O. The van der Waals surface area contributed by atoms with E-state index >= 15 is 0 Å². The van der Waals surface area contributed by atoms with Gasteiger partial charge in [0.25, 0.3) is 0 Å². The molecule has 1 aliphatic heterocycles. The molecule has 7 heteroatoms. The molecule has 31 heavy (non-hydrogen) atoms. The van der Waals surface area contributed by atoms with Gasteiger partial charge in [-0.1, -0.05) is 6.07 Å². The van der Waals surface area contributed by atoms with Gasteiger partial charge in [0.1, 0.15) is 5.75 Å². The monoisotopic (exact) mass is 422 g/mol. The van der Waals surface area contributed by atoms with Gasteiger partial charge in [-0.2, -0.15) is 0 Å². The zero-order valence-electron chi connectivity index (χ0n) is 18.5. The van der Waals surface area contributed by atoms with Gasteiger partial charge in [0.15, 0.2) is 0 Å². The van der Waals surface area contributed by atoms with Crippen molar-refractivity contribution in [1.82, 2.24) is 24.3 Å². The Hall–Kier alpha value is -2.64. The topological polar surface area (TPSA) is 72.4 Å². The van der Waals surface area contributed by atoms with Crippen molar-refractivity contribution in [2.75, 3.05) is 45.6 Å². The number of pyridine rings is 1. The van der Waals surface area contributed by atoms with E-state index in [1.165, 1.54) is 25.9 Å². The first-order valence-electron chi connectivity index (χ1n) is 11.4. The van der Waals surface area contributed by atoms with Gasteiger partial charge in [-0.15, -0.1) is 0 Å². The number of nitrogen functional groups attached to an aromatic ring is 1. The highest BCUT2D eigenvalue weighted by molar-refractivity contribution is 5.79. The molecule has 1 aromatic carbocycles. The highest BCUT2D eigenvalue weighted by atomic mass is 16.5. The van der Waals surface area contributed by atoms with Crippen LogP contribution in [0.15, 0.2) is 42.6 Å². The number of rotatable bonds is 11. The van der Waals surface area contributed by atoms with E-state index in [0.717, 1.165) is 61.5 Å². The maximum absolute atomic E-state index is 6.20. The third kappa shape index (κ3) is 5.95. The van der Waals surface area contributed by atoms with Crippen molar-refractivity contribution in [2.24, 2.45) is 0 Å². The predicted molar refractivity (Wildman–Crippen MR) is 125 cm³/mol. The number of anilines is 1. The summed E-state index contributed by atoms with van der Waals surface area (Å²) in [7, 11) is 2.12. The summed E-state index contributed by atoms with van der Waals surface area (Å²) in [6, 6.07) is 12.1. The Morgan fingerprint density at radius 1 is 1.10 bits per heavy atom. The summed E-state index contributed by atoms with van der Waals surface area (Å²) in [5, 5.41) is 0. The lowest BCUT2D eigenvalue weighted by molar-refractivity contribution is 0.257. The molecule has 3 heterocycles. The lowest BCUT2D eigenvalue weighted by Gasteiger charge is -2.16. The Morgan fingerprint density at radius 2 is 1.97 bits per heavy atom. The summed E-state index contributed by atoms with van der Waals surface area (Å²) in [5.74, 6) is 1.46. The van der Waals surface area contributed by atoms with E-state index in [9.17, 15) is 0 Å². The average molecular weight is 423 g/mol. The molecule has 0 amide bonds. The summed E-state index contributed by atoms with van der Waals surface area (Å²) in [6.45, 7) is 6.96. The van der Waals surface area contributed by atoms with E-state index in [0.29, 0.717) is 12.6 Å². The van der Waals surface area contributed by atoms with Crippen LogP contribution in [-0.2, 0) is 13.1 Å². The highest BCUT2D eigenvalue weighted by Gasteiger charge is 2.13. The summed E-state index contributed by atoms with van der Waals surface area (Å²) < 4.78 is 8.16. The van der Waals surface area contributed by atoms with Gasteiger partial charge >= 0.3 is 0 Å². The number of ether oxygens (including phenoxy) is 1. The van der Waals surface area contributed by atoms with Crippen LogP contribution in [0.25, 0.3) is 11.0 Å².